The molecule has 5 nitrogen and oxygen atoms in total. The predicted octanol–water partition coefficient (Wildman–Crippen LogP) is 3.29. The smallest absolute Gasteiger partial charge is 0.387 e. The molecule has 0 bridgehead atoms. The number of nitrogens with one attached hydrogen (secondary N) is 2. The molecule has 0 aliphatic rings. The van der Waals surface area contributed by atoms with Crippen LogP contribution in [0.1, 0.15) is 11.1 Å². The third-order valence-electron chi connectivity index (χ3n) is 3.08. The maximum Gasteiger partial charge on any atom is 0.387 e. The minimum atomic E-state index is -2.94. The average molecular weight is 365 g/mol. The molecule has 132 valence electrons. The van der Waals surface area contributed by atoms with E-state index in [9.17, 15) is 8.78 Å². The minimum Gasteiger partial charge on any atom is -0.493 e. The fraction of sp³-hybridized carbons (Fsp3) is 0.176. The number of hydrogen-bond acceptors (Lipinski definition) is 4. The van der Waals surface area contributed by atoms with Crippen molar-refractivity contribution in [3.8, 4) is 11.5 Å². The minimum absolute atomic E-state index is 0.0637. The van der Waals surface area contributed by atoms with Gasteiger partial charge in [-0.1, -0.05) is 30.3 Å². The van der Waals surface area contributed by atoms with Gasteiger partial charge in [-0.05, 0) is 41.5 Å². The van der Waals surface area contributed by atoms with Crippen LogP contribution >= 0.6 is 12.2 Å². The summed E-state index contributed by atoms with van der Waals surface area (Å²) in [4.78, 5) is 0. The van der Waals surface area contributed by atoms with E-state index in [4.69, 9.17) is 17.0 Å². The number of hydrazone groups is 1. The van der Waals surface area contributed by atoms with Crippen molar-refractivity contribution in [1.29, 1.82) is 0 Å². The normalized spacial score (nSPS) is 10.7. The van der Waals surface area contributed by atoms with Crippen LogP contribution in [0.5, 0.6) is 11.5 Å². The monoisotopic (exact) mass is 365 g/mol. The number of methoxy groups -OCH3 is 1. The second-order valence-electron chi connectivity index (χ2n) is 4.83. The van der Waals surface area contributed by atoms with Gasteiger partial charge in [-0.15, -0.1) is 0 Å². The molecule has 0 spiro atoms. The highest BCUT2D eigenvalue weighted by molar-refractivity contribution is 7.80. The van der Waals surface area contributed by atoms with Gasteiger partial charge < -0.3 is 14.8 Å². The van der Waals surface area contributed by atoms with E-state index in [1.165, 1.54) is 25.5 Å². The van der Waals surface area contributed by atoms with E-state index in [2.05, 4.69) is 20.6 Å². The molecule has 0 saturated heterocycles. The third kappa shape index (κ3) is 6.34. The molecule has 2 N–H and O–H groups in total. The number of alkyl halides is 2. The SMILES string of the molecule is COc1ccc(/C=N\NC(=S)NCc2ccccc2)cc1OC(F)F. The molecule has 0 heterocycles. The summed E-state index contributed by atoms with van der Waals surface area (Å²) in [5, 5.41) is 7.32. The number of nitrogens with zero attached hydrogens (tertiary/aromatic N) is 1. The highest BCUT2D eigenvalue weighted by Crippen LogP contribution is 2.28. The van der Waals surface area contributed by atoms with E-state index < -0.39 is 6.61 Å². The predicted molar refractivity (Wildman–Crippen MR) is 96.2 cm³/mol. The number of halogens is 2. The van der Waals surface area contributed by atoms with Crippen LogP contribution in [0, 0.1) is 0 Å². The second kappa shape index (κ2) is 9.53. The molecule has 0 amide bonds. The molecule has 0 radical (unpaired) electrons. The van der Waals surface area contributed by atoms with E-state index >= 15 is 0 Å². The van der Waals surface area contributed by atoms with Crippen LogP contribution < -0.4 is 20.2 Å². The van der Waals surface area contributed by atoms with Crippen LogP contribution in [0.15, 0.2) is 53.6 Å². The first-order valence-electron chi connectivity index (χ1n) is 7.32. The van der Waals surface area contributed by atoms with Gasteiger partial charge in [0, 0.05) is 6.54 Å². The zero-order valence-electron chi connectivity index (χ0n) is 13.4. The Balaban J connectivity index is 1.89. The largest absolute Gasteiger partial charge is 0.493 e. The molecule has 8 heteroatoms. The van der Waals surface area contributed by atoms with Crippen molar-refractivity contribution in [2.75, 3.05) is 7.11 Å². The lowest BCUT2D eigenvalue weighted by molar-refractivity contribution is -0.0512. The maximum atomic E-state index is 12.4. The lowest BCUT2D eigenvalue weighted by atomic mass is 10.2. The van der Waals surface area contributed by atoms with Crippen LogP contribution in [0.4, 0.5) is 8.78 Å². The van der Waals surface area contributed by atoms with E-state index in [1.54, 1.807) is 6.07 Å². The quantitative estimate of drug-likeness (QED) is 0.448. The Bertz CT molecular complexity index is 727. The standard InChI is InChI=1S/C17H17F2N3O2S/c1-23-14-8-7-13(9-15(14)24-16(18)19)11-21-22-17(25)20-10-12-5-3-2-4-6-12/h2-9,11,16H,10H2,1H3,(H2,20,22,25)/b21-11-. The Morgan fingerprint density at radius 3 is 2.64 bits per heavy atom. The van der Waals surface area contributed by atoms with E-state index in [0.717, 1.165) is 5.56 Å². The van der Waals surface area contributed by atoms with Gasteiger partial charge in [0.2, 0.25) is 0 Å². The van der Waals surface area contributed by atoms with Crippen molar-refractivity contribution < 1.29 is 18.3 Å². The first-order chi connectivity index (χ1) is 12.1. The van der Waals surface area contributed by atoms with Gasteiger partial charge in [-0.25, -0.2) is 0 Å². The molecule has 2 aromatic carbocycles. The van der Waals surface area contributed by atoms with Crippen molar-refractivity contribution in [2.45, 2.75) is 13.2 Å². The van der Waals surface area contributed by atoms with E-state index in [-0.39, 0.29) is 11.5 Å². The van der Waals surface area contributed by atoms with Gasteiger partial charge in [-0.3, -0.25) is 5.43 Å². The fourth-order valence-corrected chi connectivity index (χ4v) is 2.07. The van der Waals surface area contributed by atoms with Crippen LogP contribution in [-0.2, 0) is 6.54 Å². The number of hydrogen-bond donors (Lipinski definition) is 2. The molecular weight excluding hydrogens is 348 g/mol. The highest BCUT2D eigenvalue weighted by atomic mass is 32.1. The second-order valence-corrected chi connectivity index (χ2v) is 5.24. The zero-order chi connectivity index (χ0) is 18.1. The summed E-state index contributed by atoms with van der Waals surface area (Å²) in [6.45, 7) is -2.37. The molecule has 0 aromatic heterocycles. The van der Waals surface area contributed by atoms with Crippen LogP contribution in [0.2, 0.25) is 0 Å². The number of thiocarbonyl (C=S) groups is 1. The van der Waals surface area contributed by atoms with Crippen LogP contribution in [-0.4, -0.2) is 25.0 Å². The first kappa shape index (κ1) is 18.6. The average Bonchev–Trinajstić information content (AvgIpc) is 2.60. The van der Waals surface area contributed by atoms with Gasteiger partial charge in [0.05, 0.1) is 13.3 Å². The summed E-state index contributed by atoms with van der Waals surface area (Å²) in [7, 11) is 1.37. The summed E-state index contributed by atoms with van der Waals surface area (Å²) in [6, 6.07) is 14.3. The number of rotatable bonds is 7. The highest BCUT2D eigenvalue weighted by Gasteiger charge is 2.10. The molecule has 0 atom stereocenters. The van der Waals surface area contributed by atoms with Gasteiger partial charge in [0.25, 0.3) is 0 Å². The fourth-order valence-electron chi connectivity index (χ4n) is 1.94. The summed E-state index contributed by atoms with van der Waals surface area (Å²) in [5.41, 5.74) is 4.29. The first-order valence-corrected chi connectivity index (χ1v) is 7.73. The molecular formula is C17H17F2N3O2S. The molecule has 0 fully saturated rings. The van der Waals surface area contributed by atoms with Crippen molar-refractivity contribution in [1.82, 2.24) is 10.7 Å². The lowest BCUT2D eigenvalue weighted by Crippen LogP contribution is -2.31. The Kier molecular flexibility index (Phi) is 7.09. The van der Waals surface area contributed by atoms with Gasteiger partial charge in [0.1, 0.15) is 0 Å². The van der Waals surface area contributed by atoms with Gasteiger partial charge in [0.15, 0.2) is 16.6 Å². The molecule has 2 rings (SSSR count). The van der Waals surface area contributed by atoms with Crippen molar-refractivity contribution in [3.05, 3.63) is 59.7 Å². The van der Waals surface area contributed by atoms with E-state index in [0.29, 0.717) is 17.2 Å². The zero-order valence-corrected chi connectivity index (χ0v) is 14.2. The van der Waals surface area contributed by atoms with E-state index in [1.807, 2.05) is 30.3 Å². The number of benzene rings is 2. The van der Waals surface area contributed by atoms with Gasteiger partial charge >= 0.3 is 6.61 Å². The molecule has 0 unspecified atom stereocenters. The molecule has 0 saturated carbocycles. The molecule has 0 aliphatic carbocycles. The molecule has 2 aromatic rings. The Morgan fingerprint density at radius 2 is 1.96 bits per heavy atom. The summed E-state index contributed by atoms with van der Waals surface area (Å²) >= 11 is 5.11. The van der Waals surface area contributed by atoms with Crippen molar-refractivity contribution >= 4 is 23.5 Å². The van der Waals surface area contributed by atoms with Crippen molar-refractivity contribution in [3.63, 3.8) is 0 Å². The Hall–Kier alpha value is -2.74. The Labute approximate surface area is 149 Å². The van der Waals surface area contributed by atoms with Crippen LogP contribution in [0.25, 0.3) is 0 Å². The summed E-state index contributed by atoms with van der Waals surface area (Å²) < 4.78 is 34.2. The summed E-state index contributed by atoms with van der Waals surface area (Å²) in [6.07, 6.45) is 1.44. The molecule has 0 aliphatic heterocycles. The maximum absolute atomic E-state index is 12.4. The Morgan fingerprint density at radius 1 is 1.20 bits per heavy atom. The lowest BCUT2D eigenvalue weighted by Gasteiger charge is -2.10. The van der Waals surface area contributed by atoms with Crippen LogP contribution in [0.3, 0.4) is 0 Å². The summed E-state index contributed by atoms with van der Waals surface area (Å²) in [5.74, 6) is 0.150. The van der Waals surface area contributed by atoms with Crippen molar-refractivity contribution in [2.24, 2.45) is 5.10 Å². The van der Waals surface area contributed by atoms with Gasteiger partial charge in [-0.2, -0.15) is 13.9 Å². The molecule has 25 heavy (non-hydrogen) atoms. The topological polar surface area (TPSA) is 54.9 Å². The number of ether oxygens (including phenoxy) is 2. The third-order valence-corrected chi connectivity index (χ3v) is 3.31.